The van der Waals surface area contributed by atoms with Crippen LogP contribution in [0.15, 0.2) is 67.7 Å². The molecule has 8 N–H and O–H groups in total. The molecule has 12 atom stereocenters. The van der Waals surface area contributed by atoms with Crippen LogP contribution in [0.1, 0.15) is 65.5 Å². The van der Waals surface area contributed by atoms with Gasteiger partial charge in [0.25, 0.3) is 0 Å². The summed E-state index contributed by atoms with van der Waals surface area (Å²) in [6.07, 6.45) is -7.67. The summed E-state index contributed by atoms with van der Waals surface area (Å²) in [6, 6.07) is 4.93. The highest BCUT2D eigenvalue weighted by molar-refractivity contribution is 8.44. The van der Waals surface area contributed by atoms with Gasteiger partial charge in [-0.05, 0) is 63.3 Å². The van der Waals surface area contributed by atoms with Crippen molar-refractivity contribution in [2.24, 2.45) is 11.7 Å². The Morgan fingerprint density at radius 1 is 0.956 bits per heavy atom. The summed E-state index contributed by atoms with van der Waals surface area (Å²) in [5.41, 5.74) is 5.31. The maximum absolute atomic E-state index is 16.7. The summed E-state index contributed by atoms with van der Waals surface area (Å²) < 4.78 is 106. The first kappa shape index (κ1) is 69.6. The number of nitrogens with one attached hydrogen (secondary N) is 5. The number of urea groups is 1. The van der Waals surface area contributed by atoms with E-state index in [4.69, 9.17) is 43.0 Å². The van der Waals surface area contributed by atoms with Gasteiger partial charge in [0.1, 0.15) is 79.4 Å². The molecule has 5 aromatic rings. The van der Waals surface area contributed by atoms with Crippen molar-refractivity contribution < 1.29 is 89.0 Å². The molecule has 0 spiro atoms. The quantitative estimate of drug-likeness (QED) is 0.0172. The summed E-state index contributed by atoms with van der Waals surface area (Å²) in [5, 5.41) is 24.4. The zero-order valence-electron chi connectivity index (χ0n) is 50.0. The fourth-order valence-electron chi connectivity index (χ4n) is 9.68. The van der Waals surface area contributed by atoms with Crippen molar-refractivity contribution in [3.63, 3.8) is 0 Å². The van der Waals surface area contributed by atoms with Crippen molar-refractivity contribution in [1.29, 1.82) is 0 Å². The van der Waals surface area contributed by atoms with Crippen molar-refractivity contribution in [1.82, 2.24) is 54.9 Å². The van der Waals surface area contributed by atoms with Gasteiger partial charge in [-0.25, -0.2) is 57.4 Å². The lowest BCUT2D eigenvalue weighted by Gasteiger charge is -2.27. The van der Waals surface area contributed by atoms with Gasteiger partial charge in [-0.1, -0.05) is 62.6 Å². The van der Waals surface area contributed by atoms with Crippen LogP contribution < -0.4 is 37.2 Å². The molecule has 91 heavy (non-hydrogen) atoms. The van der Waals surface area contributed by atoms with Crippen LogP contribution in [0.2, 0.25) is 0 Å². The molecular formula is C53H71F2N15O17P2S2. The Morgan fingerprint density at radius 2 is 1.68 bits per heavy atom. The van der Waals surface area contributed by atoms with Crippen LogP contribution >= 0.6 is 38.5 Å². The van der Waals surface area contributed by atoms with Crippen molar-refractivity contribution in [2.45, 2.75) is 121 Å². The van der Waals surface area contributed by atoms with Crippen LogP contribution in [0.3, 0.4) is 0 Å². The number of benzene rings is 1. The molecule has 3 aliphatic heterocycles. The second-order valence-corrected chi connectivity index (χ2v) is 26.9. The van der Waals surface area contributed by atoms with Crippen LogP contribution in [-0.2, 0) is 62.6 Å². The normalized spacial score (nSPS) is 24.2. The molecule has 0 radical (unpaired) electrons. The Hall–Kier alpha value is -7.27. The molecule has 2 saturated heterocycles. The number of rotatable bonds is 18. The molecule has 12 bridgehead atoms. The molecule has 3 aliphatic rings. The highest BCUT2D eigenvalue weighted by atomic mass is 32.7. The third-order valence-electron chi connectivity index (χ3n) is 14.1. The van der Waals surface area contributed by atoms with Crippen molar-refractivity contribution in [3.8, 4) is 0 Å². The molecule has 32 nitrogen and oxygen atoms in total. The van der Waals surface area contributed by atoms with Crippen molar-refractivity contribution >= 4 is 114 Å². The molecule has 7 heterocycles. The molecule has 2 fully saturated rings. The Bertz CT molecular complexity index is 3520. The number of carbonyl (C=O) groups is 6. The van der Waals surface area contributed by atoms with Crippen molar-refractivity contribution in [3.05, 3.63) is 73.2 Å². The fraction of sp³-hybridized carbons (Fsp3) is 0.528. The number of fused-ring (bicyclic) bond motifs is 6. The molecule has 0 aliphatic carbocycles. The minimum Gasteiger partial charge on any atom is -0.447 e. The van der Waals surface area contributed by atoms with Crippen LogP contribution in [-0.4, -0.2) is 188 Å². The predicted octanol–water partition coefficient (Wildman–Crippen LogP) is 5.49. The van der Waals surface area contributed by atoms with E-state index >= 15 is 8.78 Å². The Balaban J connectivity index is 0.928. The standard InChI is InChI=1S/C53H71F2N15O17P2S2/c1-28(2)37(66-50(75)85-53(3,4)5)46(73)65-32(10-9-17-58-49(56)74)45(72)64-30-13-11-29(12-14-30)23-81-51(76)67(6)20-21-80-52(77)69-18-8-7-16-57-41-31-15-19-68(42(31)60-25-59-41)47-35(54)39(86-88(78)90)34(84-47)24-82-89(79,91)87-40-33(22-71)83-48(36(40)55)70-27-63-38-43(69)61-26-62-44(38)70/h7-8,11-15,19,25-28,32-37,39-40,47-48,71,88H,9-10,16-18,20-24H2,1-6H3,(H,64,72)(H,65,73)(H,66,75)(H,78,90)(H,79,91)(H3,56,58,74)(H,57,59,60)/b8-7+/t32-,33+,34+,35+,36+,37-,39+,40+,47+,48+,89+/m0/s1. The summed E-state index contributed by atoms with van der Waals surface area (Å²) >= 11 is 7.88. The lowest BCUT2D eigenvalue weighted by Crippen LogP contribution is -2.55. The average molecular weight is 1350 g/mol. The molecule has 1 aromatic carbocycles. The van der Waals surface area contributed by atoms with Gasteiger partial charge in [0.05, 0.1) is 31.5 Å². The van der Waals surface area contributed by atoms with Gasteiger partial charge in [-0.15, -0.1) is 0 Å². The van der Waals surface area contributed by atoms with E-state index in [0.717, 1.165) is 27.0 Å². The first-order valence-corrected chi connectivity index (χ1v) is 33.7. The number of imidazole rings is 1. The van der Waals surface area contributed by atoms with E-state index in [2.05, 4.69) is 76.0 Å². The van der Waals surface area contributed by atoms with Gasteiger partial charge >= 0.3 is 31.1 Å². The zero-order chi connectivity index (χ0) is 65.9. The van der Waals surface area contributed by atoms with Crippen LogP contribution in [0.5, 0.6) is 0 Å². The molecule has 8 rings (SSSR count). The van der Waals surface area contributed by atoms with E-state index in [1.807, 2.05) is 0 Å². The molecule has 38 heteroatoms. The number of halogens is 2. The van der Waals surface area contributed by atoms with E-state index in [1.54, 1.807) is 77.1 Å². The summed E-state index contributed by atoms with van der Waals surface area (Å²) in [5.74, 6) is -1.44. The largest absolute Gasteiger partial charge is 0.447 e. The molecule has 496 valence electrons. The zero-order valence-corrected chi connectivity index (χ0v) is 53.6. The summed E-state index contributed by atoms with van der Waals surface area (Å²) in [6.45, 7) is 1.48. The number of nitrogens with zero attached hydrogens (tertiary/aromatic N) is 9. The number of anilines is 3. The number of hydrogen-bond donors (Lipinski definition) is 9. The van der Waals surface area contributed by atoms with E-state index in [1.165, 1.54) is 24.1 Å². The highest BCUT2D eigenvalue weighted by Gasteiger charge is 2.52. The first-order valence-electron chi connectivity index (χ1n) is 28.4. The average Bonchev–Trinajstić information content (AvgIpc) is 1.63. The smallest absolute Gasteiger partial charge is 0.415 e. The molecule has 1 unspecified atom stereocenters. The fourth-order valence-corrected chi connectivity index (χ4v) is 12.0. The van der Waals surface area contributed by atoms with Gasteiger partial charge in [0.2, 0.25) is 19.0 Å². The Morgan fingerprint density at radius 3 is 2.38 bits per heavy atom. The second-order valence-electron chi connectivity index (χ2n) is 22.2. The van der Waals surface area contributed by atoms with Gasteiger partial charge in [0, 0.05) is 38.6 Å². The van der Waals surface area contributed by atoms with E-state index in [0.29, 0.717) is 22.5 Å². The number of likely N-dealkylation sites (N-methyl/N-ethyl adjacent to an activating group) is 1. The molecule has 0 saturated carbocycles. The number of aliphatic hydroxyl groups is 1. The molecule has 4 aromatic heterocycles. The van der Waals surface area contributed by atoms with Crippen molar-refractivity contribution in [2.75, 3.05) is 68.6 Å². The minimum absolute atomic E-state index is 0.0413. The number of thiol groups is 2. The Kier molecular flexibility index (Phi) is 23.6. The molecule has 7 amide bonds. The van der Waals surface area contributed by atoms with Gasteiger partial charge in [-0.2, -0.15) is 0 Å². The molecular weight excluding hydrogens is 1280 g/mol. The number of alkyl carbamates (subject to hydrolysis) is 1. The number of primary amides is 1. The second kappa shape index (κ2) is 30.9. The maximum Gasteiger partial charge on any atom is 0.415 e. The number of hydrogen-bond acceptors (Lipinski definition) is 23. The number of carbonyl (C=O) groups excluding carboxylic acids is 6. The number of ether oxygens (including phenoxy) is 5. The number of amides is 7. The SMILES string of the molecule is CC(C)[C@H](NC(=O)OC(C)(C)C)C(=O)N[C@@H](CCCNC(N)=O)C(=O)Nc1ccc(COC(=O)N(C)CCOC(=O)N2C/C=C/CNc3ncnc4c3ccn4[C@@H]3O[C@H](CO[P@@](=O)(S)O[C@H]4[C@@H](F)[C@@H](O[C@@H]4CO)n4cnc5c2ncnc54)[C@@H](O[PH](=O)S)[C@H]3F)cc1. The van der Waals surface area contributed by atoms with Gasteiger partial charge in [-0.3, -0.25) is 32.7 Å². The maximum atomic E-state index is 16.7. The van der Waals surface area contributed by atoms with Crippen LogP contribution in [0.25, 0.3) is 22.2 Å². The topological polar surface area (TPSA) is 398 Å². The van der Waals surface area contributed by atoms with E-state index in [9.17, 15) is 43.0 Å². The number of alkyl halides is 2. The monoisotopic (exact) mass is 1350 g/mol. The number of aliphatic hydroxyl groups excluding tert-OH is 1. The van der Waals surface area contributed by atoms with Crippen LogP contribution in [0.4, 0.5) is 45.3 Å². The predicted molar refractivity (Wildman–Crippen MR) is 329 cm³/mol. The number of nitrogens with two attached hydrogens (primary N) is 1. The summed E-state index contributed by atoms with van der Waals surface area (Å²) in [4.78, 5) is 102. The van der Waals surface area contributed by atoms with Crippen LogP contribution in [0, 0.1) is 5.92 Å². The third-order valence-corrected chi connectivity index (χ3v) is 16.5. The van der Waals surface area contributed by atoms with Gasteiger partial charge < -0.3 is 75.1 Å². The third kappa shape index (κ3) is 18.1. The van der Waals surface area contributed by atoms with E-state index < -0.39 is 136 Å². The number of aromatic nitrogens is 7. The first-order chi connectivity index (χ1) is 43.2. The lowest BCUT2D eigenvalue weighted by atomic mass is 10.0. The van der Waals surface area contributed by atoms with E-state index in [-0.39, 0.29) is 74.9 Å². The highest BCUT2D eigenvalue weighted by Crippen LogP contribution is 2.57. The van der Waals surface area contributed by atoms with Gasteiger partial charge in [0.15, 0.2) is 41.8 Å². The Labute approximate surface area is 530 Å². The minimum atomic E-state index is -4.64. The lowest BCUT2D eigenvalue weighted by molar-refractivity contribution is -0.128. The summed E-state index contributed by atoms with van der Waals surface area (Å²) in [7, 11) is -1.68.